The molecule has 2 aromatic rings. The van der Waals surface area contributed by atoms with E-state index in [9.17, 15) is 4.79 Å². The van der Waals surface area contributed by atoms with Crippen molar-refractivity contribution < 1.29 is 32.3 Å². The van der Waals surface area contributed by atoms with E-state index in [1.54, 1.807) is 48.6 Å². The molecule has 0 saturated heterocycles. The normalized spacial score (nSPS) is 14.9. The van der Waals surface area contributed by atoms with Gasteiger partial charge in [0.05, 0.1) is 28.9 Å². The van der Waals surface area contributed by atoms with Crippen LogP contribution in [0, 0.1) is 0 Å². The summed E-state index contributed by atoms with van der Waals surface area (Å²) in [6.07, 6.45) is 6.66. The second-order valence-electron chi connectivity index (χ2n) is 6.25. The van der Waals surface area contributed by atoms with Crippen LogP contribution in [0.4, 0.5) is 0 Å². The van der Waals surface area contributed by atoms with Gasteiger partial charge in [0, 0.05) is 12.5 Å². The fraction of sp³-hybridized carbons (Fsp3) is 0.348. The lowest BCUT2D eigenvalue weighted by atomic mass is 10.1. The summed E-state index contributed by atoms with van der Waals surface area (Å²) in [4.78, 5) is 10.5. The largest absolute Gasteiger partial charge is 0.497 e. The first-order chi connectivity index (χ1) is 15.9. The predicted molar refractivity (Wildman–Crippen MR) is 111 cm³/mol. The van der Waals surface area contributed by atoms with Gasteiger partial charge in [-0.15, -0.1) is 0 Å². The molecule has 150 valence electrons. The molecular formula is C23H28O5. The van der Waals surface area contributed by atoms with Crippen molar-refractivity contribution >= 4 is 18.1 Å². The summed E-state index contributed by atoms with van der Waals surface area (Å²) in [6.45, 7) is 0.401. The Kier molecular flexibility index (Phi) is 5.89. The third-order valence-corrected chi connectivity index (χ3v) is 4.04. The van der Waals surface area contributed by atoms with Gasteiger partial charge in [-0.3, -0.25) is 4.79 Å². The molecule has 0 spiro atoms. The van der Waals surface area contributed by atoms with Crippen LogP contribution in [-0.2, 0) is 4.79 Å². The number of benzene rings is 2. The fourth-order valence-electron chi connectivity index (χ4n) is 2.59. The van der Waals surface area contributed by atoms with Gasteiger partial charge in [-0.25, -0.2) is 0 Å². The Hall–Kier alpha value is -2.95. The minimum atomic E-state index is -2.61. The molecule has 2 aromatic carbocycles. The molecule has 1 N–H and O–H groups in total. The van der Waals surface area contributed by atoms with Crippen LogP contribution in [0.3, 0.4) is 0 Å². The van der Waals surface area contributed by atoms with Crippen molar-refractivity contribution in [3.63, 3.8) is 0 Å². The topological polar surface area (TPSA) is 65.0 Å². The van der Waals surface area contributed by atoms with Gasteiger partial charge in [0.25, 0.3) is 0 Å². The van der Waals surface area contributed by atoms with E-state index in [1.807, 2.05) is 0 Å². The van der Waals surface area contributed by atoms with Crippen LogP contribution in [0.2, 0.25) is 0 Å². The number of ether oxygens (including phenoxy) is 3. The maximum absolute atomic E-state index is 10.5. The molecule has 0 aliphatic rings. The standard InChI is InChI=1S/C23H28O5/c1-26-20-12-10-18(11-13-20)8-9-19-15-21(27-2)17-22(16-19)28-14-6-4-3-5-7-23(24)25/h8-13,15-17H,3-7,14H2,1-2H3,(H,24,25)/b9-8+/i1D3,2D3. The maximum atomic E-state index is 10.5. The van der Waals surface area contributed by atoms with Gasteiger partial charge in [0.2, 0.25) is 0 Å². The third-order valence-electron chi connectivity index (χ3n) is 4.04. The number of unbranched alkanes of at least 4 members (excludes halogenated alkanes) is 3. The van der Waals surface area contributed by atoms with Crippen molar-refractivity contribution in [1.82, 2.24) is 0 Å². The van der Waals surface area contributed by atoms with Crippen LogP contribution in [0.15, 0.2) is 42.5 Å². The number of carbonyl (C=O) groups is 1. The molecule has 0 aliphatic heterocycles. The molecule has 0 amide bonds. The summed E-state index contributed by atoms with van der Waals surface area (Å²) < 4.78 is 59.1. The highest BCUT2D eigenvalue weighted by Gasteiger charge is 2.02. The Balaban J connectivity index is 2.04. The number of methoxy groups -OCH3 is 2. The minimum Gasteiger partial charge on any atom is -0.497 e. The molecule has 0 aromatic heterocycles. The molecule has 0 heterocycles. The van der Waals surface area contributed by atoms with E-state index in [0.717, 1.165) is 24.8 Å². The highest BCUT2D eigenvalue weighted by Crippen LogP contribution is 2.25. The molecule has 0 aliphatic carbocycles. The molecule has 0 fully saturated rings. The third kappa shape index (κ3) is 7.74. The lowest BCUT2D eigenvalue weighted by molar-refractivity contribution is -0.137. The predicted octanol–water partition coefficient (Wildman–Crippen LogP) is 5.29. The first-order valence-corrected chi connectivity index (χ1v) is 9.05. The Bertz CT molecular complexity index is 952. The molecule has 0 radical (unpaired) electrons. The quantitative estimate of drug-likeness (QED) is 0.394. The van der Waals surface area contributed by atoms with Gasteiger partial charge in [-0.2, -0.15) is 0 Å². The van der Waals surface area contributed by atoms with Crippen LogP contribution in [0.25, 0.3) is 12.2 Å². The Labute approximate surface area is 175 Å². The van der Waals surface area contributed by atoms with Crippen molar-refractivity contribution in [2.24, 2.45) is 0 Å². The number of hydrogen-bond acceptors (Lipinski definition) is 4. The molecule has 0 unspecified atom stereocenters. The zero-order chi connectivity index (χ0) is 25.2. The zero-order valence-corrected chi connectivity index (χ0v) is 15.5. The maximum Gasteiger partial charge on any atom is 0.303 e. The summed E-state index contributed by atoms with van der Waals surface area (Å²) in [5.41, 5.74) is 1.44. The van der Waals surface area contributed by atoms with Crippen LogP contribution in [0.5, 0.6) is 17.2 Å². The number of carboxylic acids is 1. The number of carboxylic acid groups (broad SMARTS) is 1. The highest BCUT2D eigenvalue weighted by molar-refractivity contribution is 5.71. The zero-order valence-electron chi connectivity index (χ0n) is 21.5. The summed E-state index contributed by atoms with van der Waals surface area (Å²) >= 11 is 0. The molecule has 0 atom stereocenters. The molecule has 28 heavy (non-hydrogen) atoms. The second-order valence-corrected chi connectivity index (χ2v) is 6.25. The van der Waals surface area contributed by atoms with Crippen LogP contribution < -0.4 is 14.2 Å². The second kappa shape index (κ2) is 11.7. The van der Waals surface area contributed by atoms with Crippen molar-refractivity contribution in [3.8, 4) is 17.2 Å². The summed E-state index contributed by atoms with van der Waals surface area (Å²) in [5, 5.41) is 8.66. The average molecular weight is 391 g/mol. The highest BCUT2D eigenvalue weighted by atomic mass is 16.5. The summed E-state index contributed by atoms with van der Waals surface area (Å²) in [6, 6.07) is 11.3. The number of rotatable bonds is 12. The van der Waals surface area contributed by atoms with Gasteiger partial charge in [-0.1, -0.05) is 37.1 Å². The van der Waals surface area contributed by atoms with E-state index in [2.05, 4.69) is 0 Å². The van der Waals surface area contributed by atoms with E-state index in [0.29, 0.717) is 24.3 Å². The van der Waals surface area contributed by atoms with Gasteiger partial charge < -0.3 is 19.3 Å². The SMILES string of the molecule is [2H]C([2H])([2H])Oc1ccc(/C=C/c2cc(OCCCCCCC(=O)O)cc(OC([2H])([2H])[2H])c2)cc1. The average Bonchev–Trinajstić information content (AvgIpc) is 2.70. The van der Waals surface area contributed by atoms with E-state index in [-0.39, 0.29) is 17.9 Å². The molecule has 5 heteroatoms. The fourth-order valence-corrected chi connectivity index (χ4v) is 2.59. The lowest BCUT2D eigenvalue weighted by Gasteiger charge is -2.09. The first kappa shape index (κ1) is 14.1. The number of hydrogen-bond donors (Lipinski definition) is 1. The van der Waals surface area contributed by atoms with E-state index >= 15 is 0 Å². The monoisotopic (exact) mass is 390 g/mol. The number of aliphatic carboxylic acids is 1. The van der Waals surface area contributed by atoms with Crippen LogP contribution in [-0.4, -0.2) is 31.8 Å². The summed E-state index contributed by atoms with van der Waals surface area (Å²) in [7, 11) is -5.13. The van der Waals surface area contributed by atoms with Crippen molar-refractivity contribution in [2.45, 2.75) is 32.1 Å². The molecule has 5 nitrogen and oxygen atoms in total. The van der Waals surface area contributed by atoms with E-state index in [1.165, 1.54) is 6.07 Å². The molecule has 2 rings (SSSR count). The minimum absolute atomic E-state index is 0.139. The Morgan fingerprint density at radius 1 is 0.893 bits per heavy atom. The van der Waals surface area contributed by atoms with Crippen molar-refractivity contribution in [3.05, 3.63) is 53.6 Å². The molecule has 0 bridgehead atoms. The van der Waals surface area contributed by atoms with E-state index < -0.39 is 20.0 Å². The van der Waals surface area contributed by atoms with E-state index in [4.69, 9.17) is 27.5 Å². The molecule has 0 saturated carbocycles. The molecular weight excluding hydrogens is 356 g/mol. The van der Waals surface area contributed by atoms with Crippen LogP contribution >= 0.6 is 0 Å². The van der Waals surface area contributed by atoms with Gasteiger partial charge in [0.15, 0.2) is 0 Å². The van der Waals surface area contributed by atoms with Gasteiger partial charge in [0.1, 0.15) is 17.2 Å². The van der Waals surface area contributed by atoms with Crippen molar-refractivity contribution in [2.75, 3.05) is 20.7 Å². The first-order valence-electron chi connectivity index (χ1n) is 12.1. The smallest absolute Gasteiger partial charge is 0.303 e. The van der Waals surface area contributed by atoms with Gasteiger partial charge in [-0.05, 0) is 48.2 Å². The van der Waals surface area contributed by atoms with Gasteiger partial charge >= 0.3 is 5.97 Å². The Morgan fingerprint density at radius 3 is 2.32 bits per heavy atom. The van der Waals surface area contributed by atoms with Crippen LogP contribution in [0.1, 0.15) is 51.5 Å². The Morgan fingerprint density at radius 2 is 1.57 bits per heavy atom. The van der Waals surface area contributed by atoms with Crippen molar-refractivity contribution in [1.29, 1.82) is 0 Å². The lowest BCUT2D eigenvalue weighted by Crippen LogP contribution is -1.99. The summed E-state index contributed by atoms with van der Waals surface area (Å²) in [5.74, 6) is 0.0139.